The summed E-state index contributed by atoms with van der Waals surface area (Å²) in [6.07, 6.45) is -3.39. The third-order valence-electron chi connectivity index (χ3n) is 1.34. The lowest BCUT2D eigenvalue weighted by molar-refractivity contribution is -0.138. The van der Waals surface area contributed by atoms with Gasteiger partial charge in [0.1, 0.15) is 11.6 Å². The first-order chi connectivity index (χ1) is 5.96. The molecule has 0 aliphatic carbocycles. The summed E-state index contributed by atoms with van der Waals surface area (Å²) in [5.74, 6) is -0.766. The van der Waals surface area contributed by atoms with Gasteiger partial charge in [0.05, 0.1) is 11.8 Å². The van der Waals surface area contributed by atoms with Crippen LogP contribution in [0.25, 0.3) is 0 Å². The van der Waals surface area contributed by atoms with E-state index >= 15 is 0 Å². The number of nitrogens with zero attached hydrogens (tertiary/aromatic N) is 2. The van der Waals surface area contributed by atoms with Crippen molar-refractivity contribution < 1.29 is 18.3 Å². The lowest BCUT2D eigenvalue weighted by Crippen LogP contribution is -2.08. The second kappa shape index (κ2) is 2.94. The Kier molecular flexibility index (Phi) is 2.10. The summed E-state index contributed by atoms with van der Waals surface area (Å²) in [6.45, 7) is 0. The summed E-state index contributed by atoms with van der Waals surface area (Å²) in [5.41, 5.74) is -2.03. The Morgan fingerprint density at radius 1 is 1.38 bits per heavy atom. The van der Waals surface area contributed by atoms with Crippen molar-refractivity contribution in [3.05, 3.63) is 23.5 Å². The van der Waals surface area contributed by atoms with E-state index in [-0.39, 0.29) is 0 Å². The van der Waals surface area contributed by atoms with Crippen LogP contribution in [0.2, 0.25) is 0 Å². The molecule has 68 valence electrons. The van der Waals surface area contributed by atoms with Gasteiger partial charge in [-0.15, -0.1) is 0 Å². The molecule has 0 saturated heterocycles. The Balaban J connectivity index is 3.40. The van der Waals surface area contributed by atoms with Crippen LogP contribution in [0.4, 0.5) is 13.2 Å². The summed E-state index contributed by atoms with van der Waals surface area (Å²) < 4.78 is 36.3. The van der Waals surface area contributed by atoms with Crippen molar-refractivity contribution in [2.75, 3.05) is 0 Å². The van der Waals surface area contributed by atoms with Crippen LogP contribution in [0.5, 0.6) is 5.75 Å². The molecule has 0 aliphatic rings. The molecule has 0 radical (unpaired) electrons. The first-order valence-corrected chi connectivity index (χ1v) is 3.11. The van der Waals surface area contributed by atoms with Crippen molar-refractivity contribution in [3.8, 4) is 11.8 Å². The number of rotatable bonds is 0. The quantitative estimate of drug-likeness (QED) is 0.673. The minimum Gasteiger partial charge on any atom is -0.505 e. The molecule has 1 aromatic heterocycles. The molecule has 1 N–H and O–H groups in total. The maximum absolute atomic E-state index is 12.1. The van der Waals surface area contributed by atoms with Crippen LogP contribution < -0.4 is 0 Å². The second-order valence-corrected chi connectivity index (χ2v) is 2.19. The van der Waals surface area contributed by atoms with E-state index in [0.29, 0.717) is 6.20 Å². The molecular weight excluding hydrogens is 185 g/mol. The SMILES string of the molecule is N#Cc1c(O)cncc1C(F)(F)F. The Labute approximate surface area is 71.1 Å². The van der Waals surface area contributed by atoms with Gasteiger partial charge in [-0.05, 0) is 0 Å². The highest BCUT2D eigenvalue weighted by molar-refractivity contribution is 5.46. The zero-order valence-electron chi connectivity index (χ0n) is 6.13. The predicted molar refractivity (Wildman–Crippen MR) is 35.6 cm³/mol. The van der Waals surface area contributed by atoms with Gasteiger partial charge in [0.2, 0.25) is 0 Å². The molecule has 1 heterocycles. The maximum atomic E-state index is 12.1. The largest absolute Gasteiger partial charge is 0.505 e. The van der Waals surface area contributed by atoms with E-state index in [1.54, 1.807) is 0 Å². The van der Waals surface area contributed by atoms with E-state index in [9.17, 15) is 13.2 Å². The highest BCUT2D eigenvalue weighted by Gasteiger charge is 2.35. The van der Waals surface area contributed by atoms with Gasteiger partial charge in [0, 0.05) is 6.20 Å². The Morgan fingerprint density at radius 3 is 2.38 bits per heavy atom. The number of nitriles is 1. The van der Waals surface area contributed by atoms with Crippen LogP contribution >= 0.6 is 0 Å². The number of aromatic nitrogens is 1. The molecule has 0 atom stereocenters. The lowest BCUT2D eigenvalue weighted by atomic mass is 10.1. The molecule has 0 fully saturated rings. The Bertz CT molecular complexity index is 367. The number of alkyl halides is 3. The first-order valence-electron chi connectivity index (χ1n) is 3.11. The number of aromatic hydroxyl groups is 1. The molecule has 3 nitrogen and oxygen atoms in total. The molecule has 0 aliphatic heterocycles. The third kappa shape index (κ3) is 1.69. The topological polar surface area (TPSA) is 56.9 Å². The van der Waals surface area contributed by atoms with E-state index in [1.165, 1.54) is 6.07 Å². The predicted octanol–water partition coefficient (Wildman–Crippen LogP) is 1.68. The van der Waals surface area contributed by atoms with Crippen LogP contribution in [0.15, 0.2) is 12.4 Å². The summed E-state index contributed by atoms with van der Waals surface area (Å²) in [5, 5.41) is 17.2. The molecule has 1 aromatic rings. The van der Waals surface area contributed by atoms with E-state index in [4.69, 9.17) is 10.4 Å². The molecule has 0 bridgehead atoms. The van der Waals surface area contributed by atoms with Gasteiger partial charge in [-0.25, -0.2) is 0 Å². The molecule has 0 spiro atoms. The molecular formula is C7H3F3N2O. The van der Waals surface area contributed by atoms with Gasteiger partial charge in [0.25, 0.3) is 0 Å². The van der Waals surface area contributed by atoms with Crippen LogP contribution in [0, 0.1) is 11.3 Å². The van der Waals surface area contributed by atoms with Gasteiger partial charge in [-0.3, -0.25) is 4.98 Å². The molecule has 13 heavy (non-hydrogen) atoms. The van der Waals surface area contributed by atoms with Crippen LogP contribution in [-0.4, -0.2) is 10.1 Å². The number of hydrogen-bond acceptors (Lipinski definition) is 3. The van der Waals surface area contributed by atoms with Crippen molar-refractivity contribution in [3.63, 3.8) is 0 Å². The van der Waals surface area contributed by atoms with Crippen LogP contribution in [0.3, 0.4) is 0 Å². The first kappa shape index (κ1) is 9.32. The average molecular weight is 188 g/mol. The van der Waals surface area contributed by atoms with Crippen LogP contribution in [-0.2, 0) is 6.18 Å². The minimum absolute atomic E-state index is 0.498. The number of hydrogen-bond donors (Lipinski definition) is 1. The molecule has 0 amide bonds. The van der Waals surface area contributed by atoms with Crippen molar-refractivity contribution in [2.45, 2.75) is 6.18 Å². The van der Waals surface area contributed by atoms with Gasteiger partial charge in [-0.2, -0.15) is 18.4 Å². The normalized spacial score (nSPS) is 10.9. The molecule has 0 unspecified atom stereocenters. The zero-order chi connectivity index (χ0) is 10.1. The number of pyridine rings is 1. The van der Waals surface area contributed by atoms with Crippen LogP contribution in [0.1, 0.15) is 11.1 Å². The van der Waals surface area contributed by atoms with Gasteiger partial charge in [0.15, 0.2) is 5.75 Å². The summed E-state index contributed by atoms with van der Waals surface area (Å²) in [7, 11) is 0. The monoisotopic (exact) mass is 188 g/mol. The van der Waals surface area contributed by atoms with Crippen molar-refractivity contribution >= 4 is 0 Å². The fraction of sp³-hybridized carbons (Fsp3) is 0.143. The minimum atomic E-state index is -4.67. The summed E-state index contributed by atoms with van der Waals surface area (Å²) >= 11 is 0. The van der Waals surface area contributed by atoms with Crippen molar-refractivity contribution in [2.24, 2.45) is 0 Å². The maximum Gasteiger partial charge on any atom is 0.419 e. The highest BCUT2D eigenvalue weighted by atomic mass is 19.4. The summed E-state index contributed by atoms with van der Waals surface area (Å²) in [4.78, 5) is 3.14. The van der Waals surface area contributed by atoms with E-state index in [2.05, 4.69) is 4.98 Å². The fourth-order valence-corrected chi connectivity index (χ4v) is 0.782. The average Bonchev–Trinajstić information content (AvgIpc) is 2.02. The van der Waals surface area contributed by atoms with Gasteiger partial charge in [-0.1, -0.05) is 0 Å². The second-order valence-electron chi connectivity index (χ2n) is 2.19. The molecule has 0 aromatic carbocycles. The molecule has 1 rings (SSSR count). The number of halogens is 3. The van der Waals surface area contributed by atoms with Crippen molar-refractivity contribution in [1.82, 2.24) is 4.98 Å². The third-order valence-corrected chi connectivity index (χ3v) is 1.34. The van der Waals surface area contributed by atoms with Crippen molar-refractivity contribution in [1.29, 1.82) is 5.26 Å². The molecule has 0 saturated carbocycles. The van der Waals surface area contributed by atoms with Gasteiger partial charge < -0.3 is 5.11 Å². The zero-order valence-corrected chi connectivity index (χ0v) is 6.13. The highest BCUT2D eigenvalue weighted by Crippen LogP contribution is 2.33. The Morgan fingerprint density at radius 2 is 2.00 bits per heavy atom. The summed E-state index contributed by atoms with van der Waals surface area (Å²) in [6, 6.07) is 1.26. The van der Waals surface area contributed by atoms with E-state index in [0.717, 1.165) is 6.20 Å². The van der Waals surface area contributed by atoms with E-state index < -0.39 is 23.1 Å². The fourth-order valence-electron chi connectivity index (χ4n) is 0.782. The standard InChI is InChI=1S/C7H3F3N2O/c8-7(9,10)5-2-12-3-6(13)4(5)1-11/h2-3,13H. The Hall–Kier alpha value is -1.77. The molecule has 6 heteroatoms. The lowest BCUT2D eigenvalue weighted by Gasteiger charge is -2.07. The van der Waals surface area contributed by atoms with Gasteiger partial charge >= 0.3 is 6.18 Å². The van der Waals surface area contributed by atoms with E-state index in [1.807, 2.05) is 0 Å². The smallest absolute Gasteiger partial charge is 0.419 e.